The van der Waals surface area contributed by atoms with E-state index in [1.54, 1.807) is 6.07 Å². The highest BCUT2D eigenvalue weighted by Crippen LogP contribution is 2.41. The van der Waals surface area contributed by atoms with Crippen LogP contribution in [0, 0.1) is 0 Å². The molecule has 20 heavy (non-hydrogen) atoms. The Morgan fingerprint density at radius 2 is 2.10 bits per heavy atom. The van der Waals surface area contributed by atoms with Crippen molar-refractivity contribution in [3.63, 3.8) is 0 Å². The fourth-order valence-electron chi connectivity index (χ4n) is 2.06. The minimum atomic E-state index is -2.54. The van der Waals surface area contributed by atoms with E-state index < -0.39 is 6.43 Å². The SMILES string of the molecule is O=c1[nH]c(-c2cccc(C(F)F)c2)nc(C2CC2)c1Br. The molecule has 1 aliphatic rings. The Hall–Kier alpha value is -1.56. The van der Waals surface area contributed by atoms with Crippen LogP contribution in [0.3, 0.4) is 0 Å². The highest BCUT2D eigenvalue weighted by molar-refractivity contribution is 9.10. The van der Waals surface area contributed by atoms with Crippen LogP contribution in [0.5, 0.6) is 0 Å². The molecular formula is C14H11BrF2N2O. The molecule has 1 aromatic heterocycles. The van der Waals surface area contributed by atoms with E-state index in [-0.39, 0.29) is 11.1 Å². The number of H-pyrrole nitrogens is 1. The van der Waals surface area contributed by atoms with Gasteiger partial charge in [0, 0.05) is 17.0 Å². The van der Waals surface area contributed by atoms with Crippen LogP contribution in [-0.4, -0.2) is 9.97 Å². The molecule has 0 amide bonds. The monoisotopic (exact) mass is 340 g/mol. The molecule has 1 N–H and O–H groups in total. The van der Waals surface area contributed by atoms with Crippen molar-refractivity contribution >= 4 is 15.9 Å². The van der Waals surface area contributed by atoms with Crippen LogP contribution in [0.4, 0.5) is 8.78 Å². The molecule has 104 valence electrons. The quantitative estimate of drug-likeness (QED) is 0.917. The molecule has 3 rings (SSSR count). The van der Waals surface area contributed by atoms with Crippen LogP contribution < -0.4 is 5.56 Å². The van der Waals surface area contributed by atoms with Gasteiger partial charge in [0.1, 0.15) is 10.3 Å². The first kappa shape index (κ1) is 13.4. The van der Waals surface area contributed by atoms with Gasteiger partial charge in [0.25, 0.3) is 12.0 Å². The molecule has 0 atom stereocenters. The number of halogens is 3. The number of benzene rings is 1. The molecule has 0 aliphatic heterocycles. The molecule has 0 radical (unpaired) electrons. The standard InChI is InChI=1S/C14H11BrF2N2O/c15-10-11(7-4-5-7)18-13(19-14(10)20)9-3-1-2-8(6-9)12(16)17/h1-3,6-7,12H,4-5H2,(H,18,19,20). The largest absolute Gasteiger partial charge is 0.306 e. The summed E-state index contributed by atoms with van der Waals surface area (Å²) in [6, 6.07) is 5.91. The van der Waals surface area contributed by atoms with Crippen molar-refractivity contribution in [3.05, 3.63) is 50.3 Å². The van der Waals surface area contributed by atoms with Gasteiger partial charge >= 0.3 is 0 Å². The fourth-order valence-corrected chi connectivity index (χ4v) is 2.57. The third kappa shape index (κ3) is 2.52. The number of aromatic nitrogens is 2. The van der Waals surface area contributed by atoms with Gasteiger partial charge in [-0.25, -0.2) is 13.8 Å². The Kier molecular flexibility index (Phi) is 3.41. The minimum Gasteiger partial charge on any atom is -0.306 e. The number of hydrogen-bond acceptors (Lipinski definition) is 2. The summed E-state index contributed by atoms with van der Waals surface area (Å²) in [5.41, 5.74) is 0.848. The number of alkyl halides is 2. The maximum absolute atomic E-state index is 12.7. The van der Waals surface area contributed by atoms with Gasteiger partial charge in [-0.15, -0.1) is 0 Å². The molecule has 1 fully saturated rings. The summed E-state index contributed by atoms with van der Waals surface area (Å²) in [4.78, 5) is 18.9. The Morgan fingerprint density at radius 1 is 1.35 bits per heavy atom. The van der Waals surface area contributed by atoms with Crippen molar-refractivity contribution < 1.29 is 8.78 Å². The number of rotatable bonds is 3. The lowest BCUT2D eigenvalue weighted by atomic mass is 10.1. The third-order valence-electron chi connectivity index (χ3n) is 3.26. The van der Waals surface area contributed by atoms with Gasteiger partial charge in [-0.3, -0.25) is 4.79 Å². The zero-order chi connectivity index (χ0) is 14.3. The van der Waals surface area contributed by atoms with Crippen molar-refractivity contribution in [2.24, 2.45) is 0 Å². The third-order valence-corrected chi connectivity index (χ3v) is 4.03. The number of nitrogens with one attached hydrogen (secondary N) is 1. The van der Waals surface area contributed by atoms with Gasteiger partial charge in [-0.2, -0.15) is 0 Å². The predicted octanol–water partition coefficient (Wildman–Crippen LogP) is 4.01. The maximum atomic E-state index is 12.7. The Morgan fingerprint density at radius 3 is 2.75 bits per heavy atom. The van der Waals surface area contributed by atoms with Gasteiger partial charge in [-0.1, -0.05) is 18.2 Å². The zero-order valence-corrected chi connectivity index (χ0v) is 12.0. The molecule has 1 saturated carbocycles. The van der Waals surface area contributed by atoms with Crippen LogP contribution in [-0.2, 0) is 0 Å². The number of aromatic amines is 1. The molecule has 0 spiro atoms. The van der Waals surface area contributed by atoms with Gasteiger partial charge in [-0.05, 0) is 34.8 Å². The van der Waals surface area contributed by atoms with E-state index >= 15 is 0 Å². The van der Waals surface area contributed by atoms with Gasteiger partial charge in [0.2, 0.25) is 0 Å². The highest BCUT2D eigenvalue weighted by atomic mass is 79.9. The first-order chi connectivity index (χ1) is 9.56. The first-order valence-electron chi connectivity index (χ1n) is 6.24. The van der Waals surface area contributed by atoms with Gasteiger partial charge in [0.05, 0.1) is 5.69 Å². The minimum absolute atomic E-state index is 0.0824. The average Bonchev–Trinajstić information content (AvgIpc) is 3.26. The normalized spacial score (nSPS) is 14.8. The zero-order valence-electron chi connectivity index (χ0n) is 10.4. The van der Waals surface area contributed by atoms with Crippen LogP contribution in [0.15, 0.2) is 33.5 Å². The lowest BCUT2D eigenvalue weighted by molar-refractivity contribution is 0.151. The summed E-state index contributed by atoms with van der Waals surface area (Å²) in [7, 11) is 0. The maximum Gasteiger partial charge on any atom is 0.265 e. The Bertz CT molecular complexity index is 711. The second kappa shape index (κ2) is 5.09. The van der Waals surface area contributed by atoms with E-state index in [2.05, 4.69) is 25.9 Å². The van der Waals surface area contributed by atoms with Crippen molar-refractivity contribution in [1.82, 2.24) is 9.97 Å². The second-order valence-corrected chi connectivity index (χ2v) is 5.61. The highest BCUT2D eigenvalue weighted by Gasteiger charge is 2.29. The van der Waals surface area contributed by atoms with E-state index in [1.807, 2.05) is 0 Å². The molecule has 1 aromatic carbocycles. The summed E-state index contributed by atoms with van der Waals surface area (Å²) < 4.78 is 25.9. The van der Waals surface area contributed by atoms with Crippen molar-refractivity contribution in [2.75, 3.05) is 0 Å². The molecule has 6 heteroatoms. The van der Waals surface area contributed by atoms with Crippen LogP contribution in [0.25, 0.3) is 11.4 Å². The lowest BCUT2D eigenvalue weighted by Gasteiger charge is -2.07. The van der Waals surface area contributed by atoms with Crippen molar-refractivity contribution in [3.8, 4) is 11.4 Å². The summed E-state index contributed by atoms with van der Waals surface area (Å²) in [6.45, 7) is 0. The molecule has 1 heterocycles. The van der Waals surface area contributed by atoms with Crippen LogP contribution in [0.1, 0.15) is 36.4 Å². The molecule has 0 unspecified atom stereocenters. The van der Waals surface area contributed by atoms with E-state index in [9.17, 15) is 13.6 Å². The predicted molar refractivity (Wildman–Crippen MR) is 74.9 cm³/mol. The molecule has 0 bridgehead atoms. The summed E-state index contributed by atoms with van der Waals surface area (Å²) >= 11 is 3.24. The lowest BCUT2D eigenvalue weighted by Crippen LogP contribution is -2.13. The molecule has 2 aromatic rings. The average molecular weight is 341 g/mol. The van der Waals surface area contributed by atoms with E-state index in [4.69, 9.17) is 0 Å². The van der Waals surface area contributed by atoms with E-state index in [1.165, 1.54) is 18.2 Å². The fraction of sp³-hybridized carbons (Fsp3) is 0.286. The summed E-state index contributed by atoms with van der Waals surface area (Å²) in [5, 5.41) is 0. The molecular weight excluding hydrogens is 330 g/mol. The molecule has 0 saturated heterocycles. The smallest absolute Gasteiger partial charge is 0.265 e. The van der Waals surface area contributed by atoms with Crippen LogP contribution >= 0.6 is 15.9 Å². The van der Waals surface area contributed by atoms with Crippen LogP contribution in [0.2, 0.25) is 0 Å². The van der Waals surface area contributed by atoms with Crippen molar-refractivity contribution in [1.29, 1.82) is 0 Å². The van der Waals surface area contributed by atoms with Gasteiger partial charge in [0.15, 0.2) is 0 Å². The Balaban J connectivity index is 2.10. The van der Waals surface area contributed by atoms with Crippen molar-refractivity contribution in [2.45, 2.75) is 25.2 Å². The molecule has 1 aliphatic carbocycles. The number of hydrogen-bond donors (Lipinski definition) is 1. The molecule has 3 nitrogen and oxygen atoms in total. The topological polar surface area (TPSA) is 45.8 Å². The van der Waals surface area contributed by atoms with E-state index in [0.29, 0.717) is 27.5 Å². The summed E-state index contributed by atoms with van der Waals surface area (Å²) in [6.07, 6.45) is -0.531. The number of nitrogens with zero attached hydrogens (tertiary/aromatic N) is 1. The first-order valence-corrected chi connectivity index (χ1v) is 7.03. The second-order valence-electron chi connectivity index (χ2n) is 4.81. The summed E-state index contributed by atoms with van der Waals surface area (Å²) in [5.74, 6) is 0.631. The van der Waals surface area contributed by atoms with E-state index in [0.717, 1.165) is 12.8 Å². The van der Waals surface area contributed by atoms with Gasteiger partial charge < -0.3 is 4.98 Å². The Labute approximate surface area is 122 Å².